The van der Waals surface area contributed by atoms with Gasteiger partial charge in [-0.1, -0.05) is 84.0 Å². The molecule has 0 heterocycles. The van der Waals surface area contributed by atoms with Gasteiger partial charge in [0.05, 0.1) is 0 Å². The van der Waals surface area contributed by atoms with E-state index in [1.165, 1.54) is 26.7 Å². The standard InChI is InChI=1S/C20H25Br/c1-19(2,3)16-12-8-7-10-14(16)15-11-9-13-17(18(15)21)20(4,5)6/h7-13H,1-6H3. The van der Waals surface area contributed by atoms with Crippen LogP contribution >= 0.6 is 15.9 Å². The number of hydrogen-bond donors (Lipinski definition) is 0. The van der Waals surface area contributed by atoms with Gasteiger partial charge in [0.25, 0.3) is 0 Å². The van der Waals surface area contributed by atoms with Gasteiger partial charge >= 0.3 is 0 Å². The van der Waals surface area contributed by atoms with Crippen molar-refractivity contribution in [2.24, 2.45) is 0 Å². The first-order valence-corrected chi connectivity index (χ1v) is 8.30. The summed E-state index contributed by atoms with van der Waals surface area (Å²) in [7, 11) is 0. The van der Waals surface area contributed by atoms with Crippen molar-refractivity contribution in [2.45, 2.75) is 52.4 Å². The van der Waals surface area contributed by atoms with Gasteiger partial charge < -0.3 is 0 Å². The molecule has 0 saturated heterocycles. The summed E-state index contributed by atoms with van der Waals surface area (Å²) in [6.45, 7) is 13.6. The van der Waals surface area contributed by atoms with Crippen LogP contribution in [0.2, 0.25) is 0 Å². The molecule has 0 unspecified atom stereocenters. The highest BCUT2D eigenvalue weighted by Crippen LogP contribution is 2.40. The van der Waals surface area contributed by atoms with Gasteiger partial charge in [-0.05, 0) is 49.0 Å². The zero-order valence-corrected chi connectivity index (χ0v) is 15.5. The quantitative estimate of drug-likeness (QED) is 0.539. The second kappa shape index (κ2) is 5.61. The summed E-state index contributed by atoms with van der Waals surface area (Å²) < 4.78 is 1.22. The highest BCUT2D eigenvalue weighted by atomic mass is 79.9. The van der Waals surface area contributed by atoms with Crippen LogP contribution in [0.15, 0.2) is 46.9 Å². The van der Waals surface area contributed by atoms with Gasteiger partial charge in [-0.2, -0.15) is 0 Å². The van der Waals surface area contributed by atoms with Crippen molar-refractivity contribution in [3.05, 3.63) is 58.1 Å². The Bertz CT molecular complexity index is 640. The second-order valence-electron chi connectivity index (χ2n) is 7.71. The monoisotopic (exact) mass is 344 g/mol. The Morgan fingerprint density at radius 1 is 0.619 bits per heavy atom. The van der Waals surface area contributed by atoms with E-state index in [-0.39, 0.29) is 10.8 Å². The van der Waals surface area contributed by atoms with Crippen molar-refractivity contribution < 1.29 is 0 Å². The van der Waals surface area contributed by atoms with Gasteiger partial charge in [0.2, 0.25) is 0 Å². The van der Waals surface area contributed by atoms with E-state index in [1.54, 1.807) is 0 Å². The molecule has 21 heavy (non-hydrogen) atoms. The molecular weight excluding hydrogens is 320 g/mol. The van der Waals surface area contributed by atoms with Crippen LogP contribution in [0, 0.1) is 0 Å². The summed E-state index contributed by atoms with van der Waals surface area (Å²) in [5.41, 5.74) is 5.61. The molecule has 1 heteroatoms. The number of halogens is 1. The van der Waals surface area contributed by atoms with Crippen molar-refractivity contribution in [2.75, 3.05) is 0 Å². The molecule has 2 aromatic rings. The number of hydrogen-bond acceptors (Lipinski definition) is 0. The molecule has 0 fully saturated rings. The minimum Gasteiger partial charge on any atom is -0.0619 e. The molecule has 0 aliphatic heterocycles. The average Bonchev–Trinajstić information content (AvgIpc) is 2.36. The lowest BCUT2D eigenvalue weighted by Crippen LogP contribution is -2.14. The van der Waals surface area contributed by atoms with E-state index < -0.39 is 0 Å². The van der Waals surface area contributed by atoms with E-state index in [9.17, 15) is 0 Å². The Morgan fingerprint density at radius 2 is 1.10 bits per heavy atom. The van der Waals surface area contributed by atoms with Crippen molar-refractivity contribution >= 4 is 15.9 Å². The van der Waals surface area contributed by atoms with E-state index in [4.69, 9.17) is 0 Å². The lowest BCUT2D eigenvalue weighted by Gasteiger charge is -2.26. The van der Waals surface area contributed by atoms with Gasteiger partial charge in [0, 0.05) is 4.47 Å². The van der Waals surface area contributed by atoms with Crippen LogP contribution in [0.1, 0.15) is 52.7 Å². The third-order valence-corrected chi connectivity index (χ3v) is 4.69. The van der Waals surface area contributed by atoms with Crippen LogP contribution in [0.4, 0.5) is 0 Å². The molecule has 2 aromatic carbocycles. The molecule has 0 atom stereocenters. The van der Waals surface area contributed by atoms with Crippen molar-refractivity contribution in [3.8, 4) is 11.1 Å². The summed E-state index contributed by atoms with van der Waals surface area (Å²) in [5, 5.41) is 0. The lowest BCUT2D eigenvalue weighted by atomic mass is 9.80. The van der Waals surface area contributed by atoms with E-state index in [0.29, 0.717) is 0 Å². The van der Waals surface area contributed by atoms with Crippen LogP contribution in [-0.2, 0) is 10.8 Å². The average molecular weight is 345 g/mol. The zero-order valence-electron chi connectivity index (χ0n) is 13.9. The Morgan fingerprint density at radius 3 is 1.67 bits per heavy atom. The molecule has 0 aliphatic rings. The van der Waals surface area contributed by atoms with Crippen LogP contribution < -0.4 is 0 Å². The maximum absolute atomic E-state index is 3.85. The molecule has 0 amide bonds. The van der Waals surface area contributed by atoms with Gasteiger partial charge in [0.15, 0.2) is 0 Å². The highest BCUT2D eigenvalue weighted by molar-refractivity contribution is 9.10. The third kappa shape index (κ3) is 3.40. The molecule has 0 radical (unpaired) electrons. The minimum atomic E-state index is 0.130. The molecule has 0 N–H and O–H groups in total. The second-order valence-corrected chi connectivity index (χ2v) is 8.51. The maximum atomic E-state index is 3.85. The zero-order chi connectivity index (χ0) is 15.8. The first-order valence-electron chi connectivity index (χ1n) is 7.51. The van der Waals surface area contributed by atoms with Crippen LogP contribution in [0.5, 0.6) is 0 Å². The Hall–Kier alpha value is -1.08. The molecule has 112 valence electrons. The van der Waals surface area contributed by atoms with Crippen LogP contribution in [0.25, 0.3) is 11.1 Å². The van der Waals surface area contributed by atoms with Gasteiger partial charge in [-0.3, -0.25) is 0 Å². The van der Waals surface area contributed by atoms with Crippen molar-refractivity contribution in [1.29, 1.82) is 0 Å². The Kier molecular flexibility index (Phi) is 4.35. The van der Waals surface area contributed by atoms with Gasteiger partial charge in [-0.25, -0.2) is 0 Å². The minimum absolute atomic E-state index is 0.130. The topological polar surface area (TPSA) is 0 Å². The molecule has 0 saturated carbocycles. The summed E-state index contributed by atoms with van der Waals surface area (Å²) in [6, 6.07) is 15.3. The molecule has 0 aromatic heterocycles. The molecule has 0 bridgehead atoms. The van der Waals surface area contributed by atoms with Crippen molar-refractivity contribution in [1.82, 2.24) is 0 Å². The van der Waals surface area contributed by atoms with E-state index in [2.05, 4.69) is 99.9 Å². The normalized spacial score (nSPS) is 12.5. The van der Waals surface area contributed by atoms with Crippen LogP contribution in [0.3, 0.4) is 0 Å². The first kappa shape index (κ1) is 16.3. The Balaban J connectivity index is 2.70. The van der Waals surface area contributed by atoms with Crippen LogP contribution in [-0.4, -0.2) is 0 Å². The maximum Gasteiger partial charge on any atom is 0.0291 e. The molecule has 2 rings (SSSR count). The van der Waals surface area contributed by atoms with E-state index >= 15 is 0 Å². The SMILES string of the molecule is CC(C)(C)c1ccccc1-c1cccc(C(C)(C)C)c1Br. The van der Waals surface area contributed by atoms with Crippen molar-refractivity contribution in [3.63, 3.8) is 0 Å². The predicted octanol–water partition coefficient (Wildman–Crippen LogP) is 6.71. The van der Waals surface area contributed by atoms with E-state index in [1.807, 2.05) is 0 Å². The number of benzene rings is 2. The first-order chi connectivity index (χ1) is 9.62. The summed E-state index contributed by atoms with van der Waals surface area (Å²) >= 11 is 3.85. The Labute approximate surface area is 137 Å². The molecule has 0 nitrogen and oxygen atoms in total. The lowest BCUT2D eigenvalue weighted by molar-refractivity contribution is 0.586. The summed E-state index contributed by atoms with van der Waals surface area (Å²) in [5.74, 6) is 0. The van der Waals surface area contributed by atoms with E-state index in [0.717, 1.165) is 0 Å². The fourth-order valence-electron chi connectivity index (χ4n) is 2.69. The predicted molar refractivity (Wildman–Crippen MR) is 97.0 cm³/mol. The molecular formula is C20H25Br. The van der Waals surface area contributed by atoms with Gasteiger partial charge in [-0.15, -0.1) is 0 Å². The fraction of sp³-hybridized carbons (Fsp3) is 0.400. The molecule has 0 spiro atoms. The summed E-state index contributed by atoms with van der Waals surface area (Å²) in [6.07, 6.45) is 0. The fourth-order valence-corrected chi connectivity index (χ4v) is 3.76. The summed E-state index contributed by atoms with van der Waals surface area (Å²) in [4.78, 5) is 0. The molecule has 0 aliphatic carbocycles. The largest absolute Gasteiger partial charge is 0.0619 e. The highest BCUT2D eigenvalue weighted by Gasteiger charge is 2.23. The third-order valence-electron chi connectivity index (χ3n) is 3.83. The number of rotatable bonds is 1. The smallest absolute Gasteiger partial charge is 0.0291 e. The van der Waals surface area contributed by atoms with Gasteiger partial charge in [0.1, 0.15) is 0 Å².